The van der Waals surface area contributed by atoms with Crippen molar-refractivity contribution in [3.8, 4) is 124 Å². The first-order valence-electron chi connectivity index (χ1n) is 49.2. The Labute approximate surface area is 815 Å². The molecular formula is C131H96N6O4. The van der Waals surface area contributed by atoms with Gasteiger partial charge in [-0.05, 0) is 203 Å². The van der Waals surface area contributed by atoms with Crippen LogP contribution in [-0.2, 0) is 21.7 Å². The summed E-state index contributed by atoms with van der Waals surface area (Å²) in [5, 5.41) is 12.0. The van der Waals surface area contributed by atoms with Gasteiger partial charge in [0.05, 0.1) is 44.8 Å². The molecule has 674 valence electrons. The zero-order chi connectivity index (χ0) is 94.8. The van der Waals surface area contributed by atoms with E-state index in [1.807, 2.05) is 48.5 Å². The van der Waals surface area contributed by atoms with Gasteiger partial charge in [-0.25, -0.2) is 29.9 Å². The van der Waals surface area contributed by atoms with Crippen molar-refractivity contribution >= 4 is 120 Å². The topological polar surface area (TPSA) is 130 Å². The molecule has 141 heavy (non-hydrogen) atoms. The number of hydrogen-bond acceptors (Lipinski definition) is 10. The van der Waals surface area contributed by atoms with Gasteiger partial charge < -0.3 is 17.7 Å². The maximum Gasteiger partial charge on any atom is 0.164 e. The second kappa shape index (κ2) is 31.1. The Kier molecular flexibility index (Phi) is 18.4. The van der Waals surface area contributed by atoms with Gasteiger partial charge in [-0.1, -0.05) is 360 Å². The van der Waals surface area contributed by atoms with E-state index in [4.69, 9.17) is 47.6 Å². The molecule has 10 nitrogen and oxygen atoms in total. The van der Waals surface area contributed by atoms with Crippen LogP contribution in [0.15, 0.2) is 394 Å². The van der Waals surface area contributed by atoms with Crippen LogP contribution < -0.4 is 0 Å². The standard InChI is InChI=1S/C44H32N2O.C44H34N2O.C43H30N2O2/c1-43(2)33-18-9-6-13-28(33)38-34(43)22-23-37-39(38)30-15-11-16-31(41(30)47-37)42-45-36-19-10-7-14-29(36)40(46-42)25-20-21-27-26-12-5-8-17-32(26)44(3,4)35(27)24-25;1-43(2,3)44(4)34-18-12-11-17-31(34)39-35(44)22-24-37-40(39)32-21-19-30(26-38(32)47-37)42-45-36-23-20-29(27-13-7-5-8-14-27)25-33(36)41(46-42)28-15-9-6-10-16-28;1-3-43(4-2)31-19-8-5-13-25(31)38-32(43)23-24-36-39(38)29-17-11-18-30(41(29)47-36)42-44-33-20-9-6-14-26(33)40(45-42)28-16-12-22-35-37(28)27-15-7-10-21-34(27)46-35/h5-24H,1-4H3;5-26H,1-4H3;5-24H,3-4H2,1-2H3. The average Bonchev–Trinajstić information content (AvgIpc) is 1.54. The highest BCUT2D eigenvalue weighted by atomic mass is 16.3. The van der Waals surface area contributed by atoms with Crippen LogP contribution in [0, 0.1) is 5.41 Å². The Morgan fingerprint density at radius 3 is 1.31 bits per heavy atom. The highest BCUT2D eigenvalue weighted by Gasteiger charge is 2.49. The Morgan fingerprint density at radius 1 is 0.227 bits per heavy atom. The molecule has 0 saturated heterocycles. The second-order valence-electron chi connectivity index (χ2n) is 40.8. The molecule has 0 radical (unpaired) electrons. The SMILES string of the molecule is CC(C)(C)C1(C)c2ccccc2-c2c1ccc1oc3cc(-c4nc(-c5ccccc5)c5cc(-c6ccccc6)ccc5n4)ccc3c21.CC1(C)c2ccccc2-c2ccc(-c3nc(-c4cccc5c4oc4ccc6c(c45)-c4ccccc4C6(C)C)nc4ccccc34)cc21.CCC1(CC)c2ccccc2-c2c1ccc1oc3c(-c4nc(-c5cccc6oc7ccccc7c56)c5ccccc5n4)cccc3c21. The third-order valence-corrected chi connectivity index (χ3v) is 32.0. The van der Waals surface area contributed by atoms with Crippen molar-refractivity contribution in [2.75, 3.05) is 0 Å². The van der Waals surface area contributed by atoms with Crippen LogP contribution in [0.5, 0.6) is 0 Å². The molecule has 1 atom stereocenters. The lowest BCUT2D eigenvalue weighted by atomic mass is 9.62. The van der Waals surface area contributed by atoms with Crippen LogP contribution in [0.3, 0.4) is 0 Å². The number of benzene rings is 18. The monoisotopic (exact) mass is 1820 g/mol. The predicted molar refractivity (Wildman–Crippen MR) is 579 cm³/mol. The lowest BCUT2D eigenvalue weighted by Crippen LogP contribution is -2.36. The van der Waals surface area contributed by atoms with Gasteiger partial charge in [-0.15, -0.1) is 0 Å². The minimum absolute atomic E-state index is 0.00401. The third kappa shape index (κ3) is 12.3. The summed E-state index contributed by atoms with van der Waals surface area (Å²) in [6.07, 6.45) is 2.10. The molecule has 0 fully saturated rings. The fourth-order valence-electron chi connectivity index (χ4n) is 24.6. The van der Waals surface area contributed by atoms with Gasteiger partial charge in [0.25, 0.3) is 0 Å². The van der Waals surface area contributed by atoms with E-state index in [0.717, 1.165) is 173 Å². The van der Waals surface area contributed by atoms with E-state index in [1.54, 1.807) is 0 Å². The van der Waals surface area contributed by atoms with Crippen LogP contribution in [0.25, 0.3) is 244 Å². The van der Waals surface area contributed by atoms with Crippen LogP contribution in [-0.4, -0.2) is 29.9 Å². The van der Waals surface area contributed by atoms with E-state index in [1.165, 1.54) is 111 Å². The zero-order valence-corrected chi connectivity index (χ0v) is 80.0. The van der Waals surface area contributed by atoms with Gasteiger partial charge in [0.1, 0.15) is 44.7 Å². The van der Waals surface area contributed by atoms with E-state index < -0.39 is 0 Å². The molecule has 0 amide bonds. The smallest absolute Gasteiger partial charge is 0.164 e. The van der Waals surface area contributed by atoms with Crippen LogP contribution in [0.4, 0.5) is 0 Å². The van der Waals surface area contributed by atoms with Crippen LogP contribution in [0.1, 0.15) is 127 Å². The molecule has 25 aromatic rings. The van der Waals surface area contributed by atoms with Crippen LogP contribution in [0.2, 0.25) is 0 Å². The van der Waals surface area contributed by atoms with E-state index in [-0.39, 0.29) is 27.1 Å². The Morgan fingerprint density at radius 2 is 0.645 bits per heavy atom. The molecule has 0 N–H and O–H groups in total. The molecule has 0 spiro atoms. The number of fused-ring (bicyclic) bond motifs is 30. The Hall–Kier alpha value is -16.8. The molecule has 0 bridgehead atoms. The largest absolute Gasteiger partial charge is 0.456 e. The quantitative estimate of drug-likeness (QED) is 0.138. The van der Waals surface area contributed by atoms with Gasteiger partial charge in [0.15, 0.2) is 17.5 Å². The number of hydrogen-bond donors (Lipinski definition) is 0. The van der Waals surface area contributed by atoms with Crippen molar-refractivity contribution in [1.29, 1.82) is 0 Å². The summed E-state index contributed by atoms with van der Waals surface area (Å²) in [4.78, 5) is 31.3. The van der Waals surface area contributed by atoms with E-state index in [9.17, 15) is 0 Å². The fourth-order valence-corrected chi connectivity index (χ4v) is 24.6. The predicted octanol–water partition coefficient (Wildman–Crippen LogP) is 35.2. The van der Waals surface area contributed by atoms with Gasteiger partial charge in [-0.2, -0.15) is 0 Å². The molecule has 0 saturated carbocycles. The molecule has 18 aromatic carbocycles. The molecule has 7 heterocycles. The summed E-state index contributed by atoms with van der Waals surface area (Å²) in [6.45, 7) is 23.3. The summed E-state index contributed by atoms with van der Waals surface area (Å²) >= 11 is 0. The summed E-state index contributed by atoms with van der Waals surface area (Å²) in [5.74, 6) is 1.99. The van der Waals surface area contributed by atoms with Crippen molar-refractivity contribution in [2.24, 2.45) is 5.41 Å². The molecule has 4 aliphatic rings. The van der Waals surface area contributed by atoms with E-state index in [2.05, 4.69) is 397 Å². The number of nitrogens with zero attached hydrogens (tertiary/aromatic N) is 6. The molecule has 1 unspecified atom stereocenters. The molecule has 29 rings (SSSR count). The third-order valence-electron chi connectivity index (χ3n) is 32.0. The highest BCUT2D eigenvalue weighted by Crippen LogP contribution is 2.62. The molecule has 7 aromatic heterocycles. The number of rotatable bonds is 9. The normalized spacial score (nSPS) is 14.9. The summed E-state index contributed by atoms with van der Waals surface area (Å²) in [7, 11) is 0. The fraction of sp³-hybridized carbons (Fsp3) is 0.130. The number of para-hydroxylation sites is 5. The van der Waals surface area contributed by atoms with Crippen molar-refractivity contribution < 1.29 is 17.7 Å². The Balaban J connectivity index is 0.000000106. The minimum atomic E-state index is -0.121. The maximum absolute atomic E-state index is 6.79. The zero-order valence-electron chi connectivity index (χ0n) is 80.0. The average molecular weight is 1820 g/mol. The van der Waals surface area contributed by atoms with Crippen molar-refractivity contribution in [3.05, 3.63) is 421 Å². The van der Waals surface area contributed by atoms with Crippen molar-refractivity contribution in [3.63, 3.8) is 0 Å². The van der Waals surface area contributed by atoms with Crippen molar-refractivity contribution in [1.82, 2.24) is 29.9 Å². The summed E-state index contributed by atoms with van der Waals surface area (Å²) < 4.78 is 26.4. The van der Waals surface area contributed by atoms with Crippen LogP contribution >= 0.6 is 0 Å². The van der Waals surface area contributed by atoms with E-state index >= 15 is 0 Å². The van der Waals surface area contributed by atoms with Gasteiger partial charge in [-0.3, -0.25) is 0 Å². The van der Waals surface area contributed by atoms with Gasteiger partial charge >= 0.3 is 0 Å². The lowest BCUT2D eigenvalue weighted by Gasteiger charge is -2.41. The van der Waals surface area contributed by atoms with Gasteiger partial charge in [0, 0.05) is 103 Å². The minimum Gasteiger partial charge on any atom is -0.456 e. The van der Waals surface area contributed by atoms with Crippen molar-refractivity contribution in [2.45, 2.75) is 104 Å². The summed E-state index contributed by atoms with van der Waals surface area (Å²) in [6, 6.07) is 133. The molecule has 0 aliphatic heterocycles. The molecule has 4 aliphatic carbocycles. The molecular weight excluding hydrogens is 1720 g/mol. The first-order valence-corrected chi connectivity index (χ1v) is 49.2. The highest BCUT2D eigenvalue weighted by molar-refractivity contribution is 6.21. The maximum atomic E-state index is 6.79. The second-order valence-corrected chi connectivity index (χ2v) is 40.8. The van der Waals surface area contributed by atoms with Gasteiger partial charge in [0.2, 0.25) is 0 Å². The Bertz CT molecular complexity index is 9610. The summed E-state index contributed by atoms with van der Waals surface area (Å²) in [5.41, 5.74) is 41.6. The van der Waals surface area contributed by atoms with E-state index in [0.29, 0.717) is 17.5 Å². The first kappa shape index (κ1) is 83.5. The first-order chi connectivity index (χ1) is 68.8. The molecule has 10 heteroatoms. The number of aromatic nitrogens is 6. The lowest BCUT2D eigenvalue weighted by molar-refractivity contribution is 0.255. The number of furan rings is 4.